The molecule has 0 aliphatic carbocycles. The van der Waals surface area contributed by atoms with E-state index < -0.39 is 0 Å². The highest BCUT2D eigenvalue weighted by molar-refractivity contribution is 7.99. The monoisotopic (exact) mass is 201 g/mol. The van der Waals surface area contributed by atoms with E-state index in [9.17, 15) is 4.79 Å². The number of hydrogen-bond acceptors (Lipinski definition) is 2. The zero-order valence-corrected chi connectivity index (χ0v) is 9.75. The molecule has 0 atom stereocenters. The van der Waals surface area contributed by atoms with Crippen LogP contribution in [0, 0.1) is 5.41 Å². The maximum absolute atomic E-state index is 11.0. The molecule has 1 N–H and O–H groups in total. The molecule has 0 aliphatic heterocycles. The van der Waals surface area contributed by atoms with Crippen LogP contribution in [-0.4, -0.2) is 17.5 Å². The van der Waals surface area contributed by atoms with Crippen molar-refractivity contribution in [3.8, 4) is 0 Å². The highest BCUT2D eigenvalue weighted by Gasteiger charge is 2.09. The van der Waals surface area contributed by atoms with Crippen LogP contribution >= 0.6 is 11.8 Å². The van der Waals surface area contributed by atoms with Gasteiger partial charge in [0.25, 0.3) is 0 Å². The van der Waals surface area contributed by atoms with E-state index in [2.05, 4.69) is 32.7 Å². The topological polar surface area (TPSA) is 29.1 Å². The average molecular weight is 201 g/mol. The van der Waals surface area contributed by atoms with Crippen LogP contribution in [0.4, 0.5) is 0 Å². The number of thioether (sulfide) groups is 1. The third kappa shape index (κ3) is 7.91. The number of nitrogens with one attached hydrogen (secondary N) is 1. The maximum Gasteiger partial charge on any atom is 0.246 e. The molecule has 0 aliphatic rings. The zero-order valence-electron chi connectivity index (χ0n) is 8.94. The second kappa shape index (κ2) is 5.32. The van der Waals surface area contributed by atoms with E-state index in [1.165, 1.54) is 0 Å². The molecule has 0 radical (unpaired) electrons. The fraction of sp³-hybridized carbons (Fsp3) is 0.700. The van der Waals surface area contributed by atoms with Crippen molar-refractivity contribution in [2.75, 3.05) is 11.6 Å². The second-order valence-electron chi connectivity index (χ2n) is 4.34. The first-order valence-corrected chi connectivity index (χ1v) is 5.50. The van der Waals surface area contributed by atoms with Crippen molar-refractivity contribution in [1.29, 1.82) is 0 Å². The summed E-state index contributed by atoms with van der Waals surface area (Å²) in [6.07, 6.45) is 0. The van der Waals surface area contributed by atoms with Crippen LogP contribution in [0.25, 0.3) is 0 Å². The van der Waals surface area contributed by atoms with Gasteiger partial charge in [0.1, 0.15) is 0 Å². The quantitative estimate of drug-likeness (QED) is 0.430. The molecule has 1 amide bonds. The van der Waals surface area contributed by atoms with Crippen molar-refractivity contribution in [2.24, 2.45) is 5.41 Å². The number of hydrogen-bond donors (Lipinski definition) is 1. The van der Waals surface area contributed by atoms with Crippen LogP contribution in [0.1, 0.15) is 27.7 Å². The molecule has 0 rings (SSSR count). The summed E-state index contributed by atoms with van der Waals surface area (Å²) in [5.74, 6) is 1.66. The van der Waals surface area contributed by atoms with E-state index in [4.69, 9.17) is 0 Å². The first-order chi connectivity index (χ1) is 5.83. The number of rotatable bonds is 4. The molecule has 0 fully saturated rings. The molecule has 0 aromatic rings. The maximum atomic E-state index is 11.0. The summed E-state index contributed by atoms with van der Waals surface area (Å²) >= 11 is 1.73. The smallest absolute Gasteiger partial charge is 0.246 e. The molecule has 0 heterocycles. The van der Waals surface area contributed by atoms with Crippen LogP contribution in [0.2, 0.25) is 0 Å². The lowest BCUT2D eigenvalue weighted by molar-refractivity contribution is -0.117. The van der Waals surface area contributed by atoms with E-state index >= 15 is 0 Å². The van der Waals surface area contributed by atoms with Crippen LogP contribution < -0.4 is 5.32 Å². The average Bonchev–Trinajstić information content (AvgIpc) is 1.95. The standard InChI is InChI=1S/C10H19NOS/c1-8(2)9(12)11-7-13-6-10(3,4)5/h1,6-7H2,2-5H3,(H,11,12). The molecule has 0 aromatic heterocycles. The summed E-state index contributed by atoms with van der Waals surface area (Å²) in [5, 5.41) is 2.78. The Hall–Kier alpha value is -0.440. The number of amides is 1. The Labute approximate surface area is 85.2 Å². The van der Waals surface area contributed by atoms with Crippen molar-refractivity contribution in [3.63, 3.8) is 0 Å². The Morgan fingerprint density at radius 1 is 1.46 bits per heavy atom. The number of carbonyl (C=O) groups excluding carboxylic acids is 1. The summed E-state index contributed by atoms with van der Waals surface area (Å²) in [6.45, 7) is 11.8. The van der Waals surface area contributed by atoms with E-state index in [1.807, 2.05) is 0 Å². The molecule has 76 valence electrons. The normalized spacial score (nSPS) is 11.1. The second-order valence-corrected chi connectivity index (χ2v) is 5.33. The van der Waals surface area contributed by atoms with Crippen molar-refractivity contribution in [1.82, 2.24) is 5.32 Å². The van der Waals surface area contributed by atoms with Gasteiger partial charge in [-0.1, -0.05) is 27.4 Å². The highest BCUT2D eigenvalue weighted by Crippen LogP contribution is 2.19. The lowest BCUT2D eigenvalue weighted by Crippen LogP contribution is -2.24. The van der Waals surface area contributed by atoms with Crippen LogP contribution in [0.5, 0.6) is 0 Å². The zero-order chi connectivity index (χ0) is 10.5. The minimum Gasteiger partial charge on any atom is -0.343 e. The predicted octanol–water partition coefficient (Wildman–Crippen LogP) is 2.42. The largest absolute Gasteiger partial charge is 0.343 e. The van der Waals surface area contributed by atoms with Gasteiger partial charge in [-0.05, 0) is 18.1 Å². The van der Waals surface area contributed by atoms with Gasteiger partial charge in [0.2, 0.25) is 5.91 Å². The van der Waals surface area contributed by atoms with Crippen molar-refractivity contribution in [2.45, 2.75) is 27.7 Å². The Bertz CT molecular complexity index is 194. The van der Waals surface area contributed by atoms with Gasteiger partial charge in [0, 0.05) is 5.57 Å². The molecule has 0 unspecified atom stereocenters. The molecule has 0 saturated heterocycles. The van der Waals surface area contributed by atoms with Crippen LogP contribution in [0.3, 0.4) is 0 Å². The first-order valence-electron chi connectivity index (χ1n) is 4.34. The molecule has 13 heavy (non-hydrogen) atoms. The van der Waals surface area contributed by atoms with Gasteiger partial charge in [-0.25, -0.2) is 0 Å². The summed E-state index contributed by atoms with van der Waals surface area (Å²) in [4.78, 5) is 11.0. The van der Waals surface area contributed by atoms with Gasteiger partial charge in [0.05, 0.1) is 5.88 Å². The van der Waals surface area contributed by atoms with E-state index in [0.717, 1.165) is 5.75 Å². The lowest BCUT2D eigenvalue weighted by atomic mass is 10.0. The summed E-state index contributed by atoms with van der Waals surface area (Å²) < 4.78 is 0. The number of carbonyl (C=O) groups is 1. The lowest BCUT2D eigenvalue weighted by Gasteiger charge is -2.17. The Kier molecular flexibility index (Phi) is 5.14. The van der Waals surface area contributed by atoms with Gasteiger partial charge in [-0.3, -0.25) is 4.79 Å². The molecule has 0 saturated carbocycles. The van der Waals surface area contributed by atoms with Crippen molar-refractivity contribution in [3.05, 3.63) is 12.2 Å². The first kappa shape index (κ1) is 12.6. The molecule has 0 spiro atoms. The third-order valence-electron chi connectivity index (χ3n) is 1.26. The van der Waals surface area contributed by atoms with Crippen LogP contribution in [-0.2, 0) is 4.79 Å². The van der Waals surface area contributed by atoms with E-state index in [-0.39, 0.29) is 5.91 Å². The summed E-state index contributed by atoms with van der Waals surface area (Å²) in [6, 6.07) is 0. The minimum absolute atomic E-state index is 0.0543. The van der Waals surface area contributed by atoms with Crippen molar-refractivity contribution >= 4 is 17.7 Å². The van der Waals surface area contributed by atoms with Crippen molar-refractivity contribution < 1.29 is 4.79 Å². The molecular formula is C10H19NOS. The Morgan fingerprint density at radius 3 is 2.38 bits per heavy atom. The van der Waals surface area contributed by atoms with Gasteiger partial charge in [-0.2, -0.15) is 0 Å². The third-order valence-corrected chi connectivity index (χ3v) is 2.68. The van der Waals surface area contributed by atoms with E-state index in [1.54, 1.807) is 18.7 Å². The Morgan fingerprint density at radius 2 is 2.00 bits per heavy atom. The predicted molar refractivity (Wildman–Crippen MR) is 59.7 cm³/mol. The van der Waals surface area contributed by atoms with Crippen LogP contribution in [0.15, 0.2) is 12.2 Å². The molecule has 0 bridgehead atoms. The van der Waals surface area contributed by atoms with Gasteiger partial charge in [0.15, 0.2) is 0 Å². The molecule has 3 heteroatoms. The summed E-state index contributed by atoms with van der Waals surface area (Å²) in [7, 11) is 0. The SMILES string of the molecule is C=C(C)C(=O)NCSCC(C)(C)C. The van der Waals surface area contributed by atoms with Gasteiger partial charge in [-0.15, -0.1) is 11.8 Å². The molecular weight excluding hydrogens is 182 g/mol. The van der Waals surface area contributed by atoms with Gasteiger partial charge < -0.3 is 5.32 Å². The van der Waals surface area contributed by atoms with E-state index in [0.29, 0.717) is 16.9 Å². The van der Waals surface area contributed by atoms with Gasteiger partial charge >= 0.3 is 0 Å². The fourth-order valence-corrected chi connectivity index (χ4v) is 1.57. The molecule has 2 nitrogen and oxygen atoms in total. The Balaban J connectivity index is 3.47. The minimum atomic E-state index is -0.0543. The highest BCUT2D eigenvalue weighted by atomic mass is 32.2. The summed E-state index contributed by atoms with van der Waals surface area (Å²) in [5.41, 5.74) is 0.884. The molecule has 0 aromatic carbocycles. The fourth-order valence-electron chi connectivity index (χ4n) is 0.625.